The summed E-state index contributed by atoms with van der Waals surface area (Å²) in [7, 11) is 0. The van der Waals surface area contributed by atoms with Gasteiger partial charge in [-0.3, -0.25) is 4.79 Å². The van der Waals surface area contributed by atoms with Gasteiger partial charge in [0.15, 0.2) is 0 Å². The molecule has 4 heteroatoms. The molecule has 0 aliphatic carbocycles. The molecule has 0 spiro atoms. The lowest BCUT2D eigenvalue weighted by Gasteiger charge is -2.24. The van der Waals surface area contributed by atoms with E-state index in [1.54, 1.807) is 6.92 Å². The second-order valence-corrected chi connectivity index (χ2v) is 5.78. The van der Waals surface area contributed by atoms with Crippen LogP contribution >= 0.6 is 11.3 Å². The van der Waals surface area contributed by atoms with Crippen LogP contribution in [0, 0.1) is 0 Å². The van der Waals surface area contributed by atoms with Crippen molar-refractivity contribution >= 4 is 17.3 Å². The number of rotatable bonds is 6. The van der Waals surface area contributed by atoms with Gasteiger partial charge in [-0.15, -0.1) is 11.3 Å². The molecule has 0 saturated heterocycles. The SMILES string of the molecule is CCOc1ccccc1CC(C)(C(=O)O)c1cccs1. The fourth-order valence-electron chi connectivity index (χ4n) is 2.19. The van der Waals surface area contributed by atoms with E-state index in [-0.39, 0.29) is 0 Å². The summed E-state index contributed by atoms with van der Waals surface area (Å²) < 4.78 is 5.59. The highest BCUT2D eigenvalue weighted by atomic mass is 32.1. The fraction of sp³-hybridized carbons (Fsp3) is 0.312. The molecule has 1 N–H and O–H groups in total. The van der Waals surface area contributed by atoms with Gasteiger partial charge in [-0.1, -0.05) is 24.3 Å². The molecule has 1 aromatic carbocycles. The Kier molecular flexibility index (Phi) is 4.45. The number of carboxylic acid groups (broad SMARTS) is 1. The zero-order chi connectivity index (χ0) is 14.6. The number of thiophene rings is 1. The van der Waals surface area contributed by atoms with Crippen LogP contribution in [-0.2, 0) is 16.6 Å². The van der Waals surface area contributed by atoms with Crippen LogP contribution in [0.5, 0.6) is 5.75 Å². The van der Waals surface area contributed by atoms with E-state index >= 15 is 0 Å². The highest BCUT2D eigenvalue weighted by molar-refractivity contribution is 7.10. The lowest BCUT2D eigenvalue weighted by atomic mass is 9.82. The van der Waals surface area contributed by atoms with Gasteiger partial charge in [0.2, 0.25) is 0 Å². The zero-order valence-electron chi connectivity index (χ0n) is 11.6. The van der Waals surface area contributed by atoms with Crippen molar-refractivity contribution in [1.82, 2.24) is 0 Å². The first-order valence-electron chi connectivity index (χ1n) is 6.56. The van der Waals surface area contributed by atoms with Gasteiger partial charge in [-0.2, -0.15) is 0 Å². The summed E-state index contributed by atoms with van der Waals surface area (Å²) in [5, 5.41) is 11.6. The second-order valence-electron chi connectivity index (χ2n) is 4.83. The summed E-state index contributed by atoms with van der Waals surface area (Å²) in [6.45, 7) is 4.26. The van der Waals surface area contributed by atoms with Crippen LogP contribution in [-0.4, -0.2) is 17.7 Å². The molecule has 1 atom stereocenters. The van der Waals surface area contributed by atoms with E-state index in [1.165, 1.54) is 11.3 Å². The van der Waals surface area contributed by atoms with E-state index in [0.717, 1.165) is 16.2 Å². The topological polar surface area (TPSA) is 46.5 Å². The second kappa shape index (κ2) is 6.09. The monoisotopic (exact) mass is 290 g/mol. The normalized spacial score (nSPS) is 13.7. The van der Waals surface area contributed by atoms with Crippen LogP contribution in [0.4, 0.5) is 0 Å². The van der Waals surface area contributed by atoms with Crippen molar-refractivity contribution < 1.29 is 14.6 Å². The molecule has 1 aromatic heterocycles. The number of carboxylic acids is 1. The summed E-state index contributed by atoms with van der Waals surface area (Å²) >= 11 is 1.48. The largest absolute Gasteiger partial charge is 0.494 e. The maximum atomic E-state index is 11.8. The first kappa shape index (κ1) is 14.6. The molecule has 2 rings (SSSR count). The third-order valence-electron chi connectivity index (χ3n) is 3.35. The van der Waals surface area contributed by atoms with Crippen molar-refractivity contribution in [2.24, 2.45) is 0 Å². The number of ether oxygens (including phenoxy) is 1. The van der Waals surface area contributed by atoms with Crippen molar-refractivity contribution in [3.05, 3.63) is 52.2 Å². The van der Waals surface area contributed by atoms with Crippen LogP contribution in [0.15, 0.2) is 41.8 Å². The van der Waals surface area contributed by atoms with Crippen LogP contribution < -0.4 is 4.74 Å². The lowest BCUT2D eigenvalue weighted by molar-refractivity contribution is -0.143. The first-order valence-corrected chi connectivity index (χ1v) is 7.44. The Bertz CT molecular complexity index is 577. The number of para-hydroxylation sites is 1. The Balaban J connectivity index is 2.37. The van der Waals surface area contributed by atoms with Gasteiger partial charge in [0.1, 0.15) is 11.2 Å². The Labute approximate surface area is 122 Å². The molecule has 0 saturated carbocycles. The van der Waals surface area contributed by atoms with Crippen molar-refractivity contribution in [1.29, 1.82) is 0 Å². The number of benzene rings is 1. The Morgan fingerprint density at radius 3 is 2.65 bits per heavy atom. The summed E-state index contributed by atoms with van der Waals surface area (Å²) in [5.41, 5.74) is -0.00545. The van der Waals surface area contributed by atoms with Gasteiger partial charge in [0, 0.05) is 4.88 Å². The predicted molar refractivity (Wildman–Crippen MR) is 80.6 cm³/mol. The molecule has 1 unspecified atom stereocenters. The van der Waals surface area contributed by atoms with Gasteiger partial charge < -0.3 is 9.84 Å². The van der Waals surface area contributed by atoms with E-state index in [2.05, 4.69) is 0 Å². The van der Waals surface area contributed by atoms with Gasteiger partial charge in [0.25, 0.3) is 0 Å². The highest BCUT2D eigenvalue weighted by Gasteiger charge is 2.37. The summed E-state index contributed by atoms with van der Waals surface area (Å²) in [6.07, 6.45) is 0.416. The third kappa shape index (κ3) is 2.85. The summed E-state index contributed by atoms with van der Waals surface area (Å²) in [5.74, 6) is -0.0507. The molecule has 1 heterocycles. The number of hydrogen-bond acceptors (Lipinski definition) is 3. The maximum absolute atomic E-state index is 11.8. The molecule has 0 aliphatic heterocycles. The van der Waals surface area contributed by atoms with Gasteiger partial charge in [-0.05, 0) is 43.3 Å². The third-order valence-corrected chi connectivity index (χ3v) is 4.49. The smallest absolute Gasteiger partial charge is 0.315 e. The molecular weight excluding hydrogens is 272 g/mol. The van der Waals surface area contributed by atoms with Crippen molar-refractivity contribution in [2.75, 3.05) is 6.61 Å². The van der Waals surface area contributed by atoms with Gasteiger partial charge >= 0.3 is 5.97 Å². The minimum Gasteiger partial charge on any atom is -0.494 e. The Hall–Kier alpha value is -1.81. The standard InChI is InChI=1S/C16H18O3S/c1-3-19-13-8-5-4-7-12(13)11-16(2,15(17)18)14-9-6-10-20-14/h4-10H,3,11H2,1-2H3,(H,17,18). The van der Waals surface area contributed by atoms with Gasteiger partial charge in [0.05, 0.1) is 6.61 Å². The van der Waals surface area contributed by atoms with Crippen LogP contribution in [0.25, 0.3) is 0 Å². The molecule has 0 aliphatic rings. The molecule has 0 amide bonds. The van der Waals surface area contributed by atoms with Crippen molar-refractivity contribution in [3.63, 3.8) is 0 Å². The quantitative estimate of drug-likeness (QED) is 0.881. The van der Waals surface area contributed by atoms with Gasteiger partial charge in [-0.25, -0.2) is 0 Å². The highest BCUT2D eigenvalue weighted by Crippen LogP contribution is 2.34. The zero-order valence-corrected chi connectivity index (χ0v) is 12.4. The molecular formula is C16H18O3S. The Morgan fingerprint density at radius 1 is 1.30 bits per heavy atom. The van der Waals surface area contributed by atoms with E-state index < -0.39 is 11.4 Å². The van der Waals surface area contributed by atoms with E-state index in [4.69, 9.17) is 4.74 Å². The molecule has 106 valence electrons. The summed E-state index contributed by atoms with van der Waals surface area (Å²) in [4.78, 5) is 12.6. The number of aliphatic carboxylic acids is 1. The fourth-order valence-corrected chi connectivity index (χ4v) is 3.07. The average molecular weight is 290 g/mol. The number of carbonyl (C=O) groups is 1. The van der Waals surface area contributed by atoms with Crippen LogP contribution in [0.3, 0.4) is 0 Å². The maximum Gasteiger partial charge on any atom is 0.315 e. The molecule has 0 bridgehead atoms. The summed E-state index contributed by atoms with van der Waals surface area (Å²) in [6, 6.07) is 11.4. The van der Waals surface area contributed by atoms with E-state index in [0.29, 0.717) is 13.0 Å². The molecule has 0 radical (unpaired) electrons. The minimum absolute atomic E-state index is 0.416. The predicted octanol–water partition coefficient (Wildman–Crippen LogP) is 3.73. The average Bonchev–Trinajstić information content (AvgIpc) is 2.95. The molecule has 2 aromatic rings. The van der Waals surface area contributed by atoms with Crippen molar-refractivity contribution in [2.45, 2.75) is 25.7 Å². The number of hydrogen-bond donors (Lipinski definition) is 1. The van der Waals surface area contributed by atoms with Crippen LogP contribution in [0.2, 0.25) is 0 Å². The molecule has 3 nitrogen and oxygen atoms in total. The lowest BCUT2D eigenvalue weighted by Crippen LogP contribution is -2.34. The Morgan fingerprint density at radius 2 is 2.05 bits per heavy atom. The molecule has 20 heavy (non-hydrogen) atoms. The van der Waals surface area contributed by atoms with Crippen LogP contribution in [0.1, 0.15) is 24.3 Å². The minimum atomic E-state index is -0.929. The van der Waals surface area contributed by atoms with E-state index in [1.807, 2.05) is 48.7 Å². The van der Waals surface area contributed by atoms with E-state index in [9.17, 15) is 9.90 Å². The molecule has 0 fully saturated rings. The first-order chi connectivity index (χ1) is 9.58. The van der Waals surface area contributed by atoms with Crippen molar-refractivity contribution in [3.8, 4) is 5.75 Å².